The fraction of sp³-hybridized carbons (Fsp3) is 0.800. The van der Waals surface area contributed by atoms with Crippen LogP contribution in [0.25, 0.3) is 0 Å². The first-order valence-corrected chi connectivity index (χ1v) is 7.86. The maximum absolute atomic E-state index is 12.4. The highest BCUT2D eigenvalue weighted by Gasteiger charge is 2.34. The van der Waals surface area contributed by atoms with Crippen molar-refractivity contribution in [1.29, 1.82) is 0 Å². The van der Waals surface area contributed by atoms with E-state index in [4.69, 9.17) is 0 Å². The zero-order valence-corrected chi connectivity index (χ0v) is 16.0. The highest BCUT2D eigenvalue weighted by atomic mass is 127. The Balaban J connectivity index is 0.00000484. The maximum atomic E-state index is 12.4. The number of guanidine groups is 1. The molecule has 0 radical (unpaired) electrons. The largest absolute Gasteiger partial charge is 0.401 e. The molecule has 1 heterocycles. The summed E-state index contributed by atoms with van der Waals surface area (Å²) in [5.74, 6) is 0.901. The summed E-state index contributed by atoms with van der Waals surface area (Å²) in [5, 5.41) is 6.36. The summed E-state index contributed by atoms with van der Waals surface area (Å²) in [4.78, 5) is 5.94. The van der Waals surface area contributed by atoms with Gasteiger partial charge in [0.25, 0.3) is 0 Å². The van der Waals surface area contributed by atoms with Crippen LogP contribution in [0.1, 0.15) is 26.2 Å². The van der Waals surface area contributed by atoms with E-state index in [0.717, 1.165) is 25.8 Å². The molecule has 8 heteroatoms. The van der Waals surface area contributed by atoms with Crippen LogP contribution in [-0.4, -0.2) is 56.3 Å². The average molecular weight is 448 g/mol. The number of halogens is 4. The van der Waals surface area contributed by atoms with Crippen LogP contribution in [0.5, 0.6) is 0 Å². The third-order valence-electron chi connectivity index (χ3n) is 3.52. The van der Waals surface area contributed by atoms with Gasteiger partial charge >= 0.3 is 6.18 Å². The first-order valence-electron chi connectivity index (χ1n) is 7.86. The quantitative estimate of drug-likeness (QED) is 0.197. The van der Waals surface area contributed by atoms with Crippen LogP contribution in [0.3, 0.4) is 0 Å². The molecule has 0 aromatic heterocycles. The second-order valence-corrected chi connectivity index (χ2v) is 5.64. The number of rotatable bonds is 8. The van der Waals surface area contributed by atoms with Crippen LogP contribution in [-0.2, 0) is 0 Å². The summed E-state index contributed by atoms with van der Waals surface area (Å²) in [7, 11) is 0. The Bertz CT molecular complexity index is 361. The van der Waals surface area contributed by atoms with Crippen molar-refractivity contribution in [3.63, 3.8) is 0 Å². The van der Waals surface area contributed by atoms with Gasteiger partial charge in [-0.05, 0) is 25.3 Å². The summed E-state index contributed by atoms with van der Waals surface area (Å²) < 4.78 is 37.1. The minimum absolute atomic E-state index is 0. The molecule has 136 valence electrons. The Hall–Kier alpha value is -0.510. The molecule has 0 aromatic carbocycles. The summed E-state index contributed by atoms with van der Waals surface area (Å²) in [5.41, 5.74) is 0. The SMILES string of the molecule is C=CCNC(=NCC1CCN(CC(F)(F)F)C1)NCCCC.I. The van der Waals surface area contributed by atoms with E-state index in [0.29, 0.717) is 32.1 Å². The number of hydrogen-bond donors (Lipinski definition) is 2. The number of nitrogens with zero attached hydrogens (tertiary/aromatic N) is 2. The first kappa shape index (κ1) is 22.5. The molecule has 2 N–H and O–H groups in total. The summed E-state index contributed by atoms with van der Waals surface area (Å²) in [6, 6.07) is 0. The highest BCUT2D eigenvalue weighted by molar-refractivity contribution is 14.0. The monoisotopic (exact) mass is 448 g/mol. The van der Waals surface area contributed by atoms with Gasteiger partial charge in [-0.3, -0.25) is 9.89 Å². The van der Waals surface area contributed by atoms with E-state index in [2.05, 4.69) is 29.1 Å². The van der Waals surface area contributed by atoms with Gasteiger partial charge in [-0.1, -0.05) is 19.4 Å². The van der Waals surface area contributed by atoms with E-state index in [1.807, 2.05) is 0 Å². The lowest BCUT2D eigenvalue weighted by atomic mass is 10.1. The minimum atomic E-state index is -4.11. The predicted molar refractivity (Wildman–Crippen MR) is 99.4 cm³/mol. The molecule has 1 aliphatic heterocycles. The third-order valence-corrected chi connectivity index (χ3v) is 3.52. The molecule has 0 spiro atoms. The smallest absolute Gasteiger partial charge is 0.356 e. The van der Waals surface area contributed by atoms with Crippen molar-refractivity contribution >= 4 is 29.9 Å². The van der Waals surface area contributed by atoms with Gasteiger partial charge in [0.05, 0.1) is 6.54 Å². The molecule has 0 aliphatic carbocycles. The van der Waals surface area contributed by atoms with Gasteiger partial charge in [0.2, 0.25) is 0 Å². The number of hydrogen-bond acceptors (Lipinski definition) is 2. The van der Waals surface area contributed by atoms with Crippen molar-refractivity contribution in [3.05, 3.63) is 12.7 Å². The van der Waals surface area contributed by atoms with Crippen molar-refractivity contribution in [1.82, 2.24) is 15.5 Å². The fourth-order valence-corrected chi connectivity index (χ4v) is 2.41. The van der Waals surface area contributed by atoms with Gasteiger partial charge in [-0.15, -0.1) is 30.6 Å². The molecule has 1 saturated heterocycles. The third kappa shape index (κ3) is 10.8. The van der Waals surface area contributed by atoms with Crippen LogP contribution < -0.4 is 10.6 Å². The molecule has 1 fully saturated rings. The summed E-state index contributed by atoms with van der Waals surface area (Å²) >= 11 is 0. The second kappa shape index (κ2) is 11.9. The highest BCUT2D eigenvalue weighted by Crippen LogP contribution is 2.22. The molecule has 1 atom stereocenters. The Kier molecular flexibility index (Phi) is 11.7. The van der Waals surface area contributed by atoms with Gasteiger partial charge < -0.3 is 10.6 Å². The van der Waals surface area contributed by atoms with Crippen molar-refractivity contribution in [2.75, 3.05) is 39.3 Å². The Morgan fingerprint density at radius 3 is 2.74 bits per heavy atom. The van der Waals surface area contributed by atoms with Crippen LogP contribution in [0, 0.1) is 5.92 Å². The lowest BCUT2D eigenvalue weighted by Crippen LogP contribution is -2.38. The van der Waals surface area contributed by atoms with Gasteiger partial charge in [0.1, 0.15) is 0 Å². The number of nitrogens with one attached hydrogen (secondary N) is 2. The van der Waals surface area contributed by atoms with Gasteiger partial charge in [0.15, 0.2) is 5.96 Å². The molecule has 1 aliphatic rings. The lowest BCUT2D eigenvalue weighted by molar-refractivity contribution is -0.143. The van der Waals surface area contributed by atoms with Crippen molar-refractivity contribution in [3.8, 4) is 0 Å². The van der Waals surface area contributed by atoms with E-state index < -0.39 is 12.7 Å². The number of likely N-dealkylation sites (tertiary alicyclic amines) is 1. The lowest BCUT2D eigenvalue weighted by Gasteiger charge is -2.17. The maximum Gasteiger partial charge on any atom is 0.401 e. The van der Waals surface area contributed by atoms with E-state index >= 15 is 0 Å². The molecule has 0 saturated carbocycles. The van der Waals surface area contributed by atoms with Crippen molar-refractivity contribution < 1.29 is 13.2 Å². The standard InChI is InChI=1S/C15H27F3N4.HI/c1-3-5-8-20-14(19-7-4-2)21-10-13-6-9-22(11-13)12-15(16,17)18;/h4,13H,2-3,5-12H2,1H3,(H2,19,20,21);1H. The van der Waals surface area contributed by atoms with Crippen LogP contribution >= 0.6 is 24.0 Å². The van der Waals surface area contributed by atoms with Gasteiger partial charge in [-0.25, -0.2) is 0 Å². The summed E-state index contributed by atoms with van der Waals surface area (Å²) in [6.07, 6.45) is 0.547. The van der Waals surface area contributed by atoms with E-state index in [1.54, 1.807) is 6.08 Å². The van der Waals surface area contributed by atoms with E-state index in [-0.39, 0.29) is 29.9 Å². The van der Waals surface area contributed by atoms with Crippen molar-refractivity contribution in [2.24, 2.45) is 10.9 Å². The second-order valence-electron chi connectivity index (χ2n) is 5.64. The normalized spacial score (nSPS) is 19.3. The average Bonchev–Trinajstić information content (AvgIpc) is 2.86. The van der Waals surface area contributed by atoms with Crippen LogP contribution in [0.4, 0.5) is 13.2 Å². The van der Waals surface area contributed by atoms with Crippen LogP contribution in [0.15, 0.2) is 17.6 Å². The molecule has 1 unspecified atom stereocenters. The van der Waals surface area contributed by atoms with Crippen LogP contribution in [0.2, 0.25) is 0 Å². The number of aliphatic imine (C=N–C) groups is 1. The number of alkyl halides is 3. The predicted octanol–water partition coefficient (Wildman–Crippen LogP) is 3.01. The first-order chi connectivity index (χ1) is 10.4. The molecular weight excluding hydrogens is 420 g/mol. The molecule has 0 amide bonds. The number of unbranched alkanes of at least 4 members (excludes halogenated alkanes) is 1. The van der Waals surface area contributed by atoms with Crippen molar-refractivity contribution in [2.45, 2.75) is 32.4 Å². The molecular formula is C15H28F3IN4. The Morgan fingerprint density at radius 1 is 1.39 bits per heavy atom. The molecule has 0 aromatic rings. The Labute approximate surface area is 154 Å². The van der Waals surface area contributed by atoms with E-state index in [9.17, 15) is 13.2 Å². The zero-order valence-electron chi connectivity index (χ0n) is 13.7. The molecule has 1 rings (SSSR count). The Morgan fingerprint density at radius 2 is 2.13 bits per heavy atom. The summed E-state index contributed by atoms with van der Waals surface area (Å²) in [6.45, 7) is 7.91. The van der Waals surface area contributed by atoms with E-state index in [1.165, 1.54) is 4.90 Å². The fourth-order valence-electron chi connectivity index (χ4n) is 2.41. The minimum Gasteiger partial charge on any atom is -0.356 e. The van der Waals surface area contributed by atoms with Gasteiger partial charge in [-0.2, -0.15) is 13.2 Å². The molecule has 4 nitrogen and oxygen atoms in total. The topological polar surface area (TPSA) is 39.7 Å². The van der Waals surface area contributed by atoms with Gasteiger partial charge in [0, 0.05) is 26.2 Å². The molecule has 23 heavy (non-hydrogen) atoms. The molecule has 0 bridgehead atoms. The zero-order chi connectivity index (χ0) is 16.4.